The molecule has 1 atom stereocenters. The molecule has 1 aromatic carbocycles. The Morgan fingerprint density at radius 2 is 2.25 bits per heavy atom. The van der Waals surface area contributed by atoms with Gasteiger partial charge in [-0.3, -0.25) is 4.79 Å². The highest BCUT2D eigenvalue weighted by atomic mass is 79.9. The van der Waals surface area contributed by atoms with Crippen molar-refractivity contribution in [1.82, 2.24) is 4.90 Å². The Bertz CT molecular complexity index is 453. The van der Waals surface area contributed by atoms with Crippen molar-refractivity contribution in [2.24, 2.45) is 5.73 Å². The fourth-order valence-electron chi connectivity index (χ4n) is 1.83. The third-order valence-electron chi connectivity index (χ3n) is 3.10. The lowest BCUT2D eigenvalue weighted by molar-refractivity contribution is -0.134. The van der Waals surface area contributed by atoms with Crippen molar-refractivity contribution in [3.8, 4) is 0 Å². The largest absolute Gasteiger partial charge is 0.380 e. The van der Waals surface area contributed by atoms with Gasteiger partial charge in [-0.2, -0.15) is 0 Å². The monoisotopic (exact) mass is 346 g/mol. The molecule has 20 heavy (non-hydrogen) atoms. The van der Waals surface area contributed by atoms with Crippen LogP contribution in [0.1, 0.15) is 18.9 Å². The Hall–Kier alpha value is -0.980. The predicted molar refractivity (Wildman–Crippen MR) is 79.7 cm³/mol. The number of methoxy groups -OCH3 is 1. The average molecular weight is 347 g/mol. The van der Waals surface area contributed by atoms with Crippen LogP contribution in [0.3, 0.4) is 0 Å². The molecule has 0 radical (unpaired) electrons. The van der Waals surface area contributed by atoms with Gasteiger partial charge in [-0.25, -0.2) is 4.39 Å². The molecule has 0 aromatic heterocycles. The third-order valence-corrected chi connectivity index (χ3v) is 3.60. The average Bonchev–Trinajstić information content (AvgIpc) is 2.45. The van der Waals surface area contributed by atoms with Gasteiger partial charge >= 0.3 is 0 Å². The van der Waals surface area contributed by atoms with Crippen molar-refractivity contribution in [1.29, 1.82) is 0 Å². The van der Waals surface area contributed by atoms with Gasteiger partial charge in [0.25, 0.3) is 0 Å². The van der Waals surface area contributed by atoms with Crippen LogP contribution in [0.25, 0.3) is 0 Å². The molecule has 2 N–H and O–H groups in total. The molecule has 1 amide bonds. The molecule has 0 aliphatic rings. The molecule has 112 valence electrons. The summed E-state index contributed by atoms with van der Waals surface area (Å²) in [5, 5.41) is 0. The number of carbonyl (C=O) groups excluding carboxylic acids is 1. The molecular weight excluding hydrogens is 327 g/mol. The molecule has 1 rings (SSSR count). The zero-order valence-corrected chi connectivity index (χ0v) is 13.3. The van der Waals surface area contributed by atoms with Crippen LogP contribution in [-0.4, -0.2) is 37.1 Å². The van der Waals surface area contributed by atoms with Gasteiger partial charge in [0.05, 0.1) is 12.5 Å². The molecular formula is C14H20BrFN2O2. The molecule has 4 nitrogen and oxygen atoms in total. The molecule has 0 spiro atoms. The van der Waals surface area contributed by atoms with Crippen LogP contribution in [0.4, 0.5) is 4.39 Å². The number of hydrogen-bond donors (Lipinski definition) is 1. The summed E-state index contributed by atoms with van der Waals surface area (Å²) in [6.45, 7) is 2.89. The Morgan fingerprint density at radius 1 is 1.55 bits per heavy atom. The summed E-state index contributed by atoms with van der Waals surface area (Å²) in [6, 6.07) is 4.70. The maximum atomic E-state index is 13.7. The molecule has 0 bridgehead atoms. The SMILES string of the molecule is CCN(Cc1cc(Br)ccc1F)C(=O)CC(CN)OC. The quantitative estimate of drug-likeness (QED) is 0.824. The number of ether oxygens (including phenoxy) is 1. The van der Waals surface area contributed by atoms with E-state index in [4.69, 9.17) is 10.5 Å². The minimum Gasteiger partial charge on any atom is -0.380 e. The summed E-state index contributed by atoms with van der Waals surface area (Å²) < 4.78 is 19.6. The topological polar surface area (TPSA) is 55.6 Å². The lowest BCUT2D eigenvalue weighted by Gasteiger charge is -2.23. The van der Waals surface area contributed by atoms with Crippen LogP contribution in [-0.2, 0) is 16.1 Å². The van der Waals surface area contributed by atoms with E-state index in [0.717, 1.165) is 4.47 Å². The Labute approximate surface area is 127 Å². The zero-order valence-electron chi connectivity index (χ0n) is 11.7. The maximum absolute atomic E-state index is 13.7. The zero-order chi connectivity index (χ0) is 15.1. The van der Waals surface area contributed by atoms with E-state index in [2.05, 4.69) is 15.9 Å². The summed E-state index contributed by atoms with van der Waals surface area (Å²) in [5.74, 6) is -0.411. The number of nitrogens with two attached hydrogens (primary N) is 1. The van der Waals surface area contributed by atoms with E-state index < -0.39 is 0 Å². The number of carbonyl (C=O) groups is 1. The van der Waals surface area contributed by atoms with Gasteiger partial charge in [0.2, 0.25) is 5.91 Å². The molecule has 0 fully saturated rings. The lowest BCUT2D eigenvalue weighted by atomic mass is 10.1. The van der Waals surface area contributed by atoms with E-state index in [0.29, 0.717) is 12.1 Å². The number of rotatable bonds is 7. The first kappa shape index (κ1) is 17.1. The summed E-state index contributed by atoms with van der Waals surface area (Å²) in [6.07, 6.45) is -0.0971. The second-order valence-corrected chi connectivity index (χ2v) is 5.36. The molecule has 0 saturated heterocycles. The van der Waals surface area contributed by atoms with Gasteiger partial charge in [0, 0.05) is 36.8 Å². The Morgan fingerprint density at radius 3 is 2.80 bits per heavy atom. The summed E-state index contributed by atoms with van der Waals surface area (Å²) in [7, 11) is 1.52. The first-order valence-electron chi connectivity index (χ1n) is 6.46. The molecule has 0 heterocycles. The minimum absolute atomic E-state index is 0.0934. The van der Waals surface area contributed by atoms with E-state index in [-0.39, 0.29) is 37.3 Å². The van der Waals surface area contributed by atoms with Gasteiger partial charge in [0.15, 0.2) is 0 Å². The van der Waals surface area contributed by atoms with Crippen molar-refractivity contribution in [3.05, 3.63) is 34.1 Å². The predicted octanol–water partition coefficient (Wildman–Crippen LogP) is 2.30. The van der Waals surface area contributed by atoms with E-state index >= 15 is 0 Å². The van der Waals surface area contributed by atoms with Crippen LogP contribution in [0, 0.1) is 5.82 Å². The number of benzene rings is 1. The number of hydrogen-bond acceptors (Lipinski definition) is 3. The van der Waals surface area contributed by atoms with Crippen molar-refractivity contribution in [2.45, 2.75) is 26.0 Å². The minimum atomic E-state index is -0.318. The highest BCUT2D eigenvalue weighted by molar-refractivity contribution is 9.10. The van der Waals surface area contributed by atoms with Crippen LogP contribution in [0.2, 0.25) is 0 Å². The molecule has 1 aromatic rings. The Balaban J connectivity index is 2.76. The molecule has 0 saturated carbocycles. The van der Waals surface area contributed by atoms with Crippen LogP contribution in [0.15, 0.2) is 22.7 Å². The molecule has 1 unspecified atom stereocenters. The Kier molecular flexibility index (Phi) is 7.12. The van der Waals surface area contributed by atoms with E-state index in [1.54, 1.807) is 17.0 Å². The van der Waals surface area contributed by atoms with Crippen molar-refractivity contribution in [2.75, 3.05) is 20.2 Å². The highest BCUT2D eigenvalue weighted by Gasteiger charge is 2.18. The van der Waals surface area contributed by atoms with E-state index in [1.165, 1.54) is 13.2 Å². The summed E-state index contributed by atoms with van der Waals surface area (Å²) >= 11 is 3.30. The maximum Gasteiger partial charge on any atom is 0.225 e. The van der Waals surface area contributed by atoms with Crippen molar-refractivity contribution in [3.63, 3.8) is 0 Å². The van der Waals surface area contributed by atoms with Gasteiger partial charge < -0.3 is 15.4 Å². The van der Waals surface area contributed by atoms with Crippen LogP contribution in [0.5, 0.6) is 0 Å². The first-order chi connectivity index (χ1) is 9.51. The number of nitrogens with zero attached hydrogens (tertiary/aromatic N) is 1. The van der Waals surface area contributed by atoms with Crippen LogP contribution < -0.4 is 5.73 Å². The summed E-state index contributed by atoms with van der Waals surface area (Å²) in [4.78, 5) is 13.7. The highest BCUT2D eigenvalue weighted by Crippen LogP contribution is 2.17. The lowest BCUT2D eigenvalue weighted by Crippen LogP contribution is -2.35. The van der Waals surface area contributed by atoms with E-state index in [1.807, 2.05) is 6.92 Å². The van der Waals surface area contributed by atoms with Gasteiger partial charge in [-0.15, -0.1) is 0 Å². The van der Waals surface area contributed by atoms with Gasteiger partial charge in [-0.05, 0) is 25.1 Å². The third kappa shape index (κ3) is 4.85. The fraction of sp³-hybridized carbons (Fsp3) is 0.500. The second-order valence-electron chi connectivity index (χ2n) is 4.44. The van der Waals surface area contributed by atoms with Crippen molar-refractivity contribution >= 4 is 21.8 Å². The molecule has 6 heteroatoms. The van der Waals surface area contributed by atoms with Gasteiger partial charge in [-0.1, -0.05) is 15.9 Å². The standard InChI is InChI=1S/C14H20BrFN2O2/c1-3-18(14(19)7-12(8-17)20-2)9-10-6-11(15)4-5-13(10)16/h4-6,12H,3,7-9,17H2,1-2H3. The van der Waals surface area contributed by atoms with Gasteiger partial charge in [0.1, 0.15) is 5.82 Å². The number of halogens is 2. The first-order valence-corrected chi connectivity index (χ1v) is 7.25. The van der Waals surface area contributed by atoms with Crippen LogP contribution >= 0.6 is 15.9 Å². The smallest absolute Gasteiger partial charge is 0.225 e. The molecule has 0 aliphatic heterocycles. The number of amides is 1. The van der Waals surface area contributed by atoms with E-state index in [9.17, 15) is 9.18 Å². The molecule has 0 aliphatic carbocycles. The summed E-state index contributed by atoms with van der Waals surface area (Å²) in [5.41, 5.74) is 5.99. The normalized spacial score (nSPS) is 12.2. The van der Waals surface area contributed by atoms with Crippen molar-refractivity contribution < 1.29 is 13.9 Å². The second kappa shape index (κ2) is 8.34. The fourth-order valence-corrected chi connectivity index (χ4v) is 2.24.